The predicted molar refractivity (Wildman–Crippen MR) is 141 cm³/mol. The van der Waals surface area contributed by atoms with Crippen molar-refractivity contribution < 1.29 is 37.1 Å². The second-order valence-electron chi connectivity index (χ2n) is 11.0. The number of rotatable bonds is 8. The van der Waals surface area contributed by atoms with Crippen LogP contribution in [0.1, 0.15) is 55.4 Å². The Morgan fingerprint density at radius 2 is 1.69 bits per heavy atom. The zero-order chi connectivity index (χ0) is 27.9. The number of quaternary nitrogens is 1. The molecule has 3 saturated heterocycles. The number of halogens is 3. The number of thiophene rings is 1. The maximum atomic E-state index is 13.4. The van der Waals surface area contributed by atoms with Gasteiger partial charge in [0.05, 0.1) is 26.2 Å². The summed E-state index contributed by atoms with van der Waals surface area (Å²) in [5, 5.41) is 10.9. The maximum Gasteiger partial charge on any atom is 0.430 e. The van der Waals surface area contributed by atoms with Crippen LogP contribution in [0.15, 0.2) is 47.8 Å². The molecular weight excluding hydrogens is 529 g/mol. The minimum atomic E-state index is -5.19. The molecule has 1 aromatic heterocycles. The Labute approximate surface area is 232 Å². The van der Waals surface area contributed by atoms with Crippen molar-refractivity contribution in [3.05, 3.63) is 58.3 Å². The number of carboxylic acids is 1. The number of hydrogen-bond donors (Lipinski definition) is 0. The van der Waals surface area contributed by atoms with E-state index in [1.54, 1.807) is 11.3 Å². The molecule has 214 valence electrons. The number of benzene rings is 1. The quantitative estimate of drug-likeness (QED) is 0.414. The number of carboxylic acid groups (broad SMARTS) is 1. The first kappa shape index (κ1) is 29.4. The van der Waals surface area contributed by atoms with E-state index in [9.17, 15) is 18.0 Å². The fourth-order valence-electron chi connectivity index (χ4n) is 6.26. The number of ether oxygens (including phenoxy) is 1. The molecule has 2 bridgehead atoms. The lowest BCUT2D eigenvalue weighted by Gasteiger charge is -2.52. The van der Waals surface area contributed by atoms with Crippen LogP contribution >= 0.6 is 11.3 Å². The van der Waals surface area contributed by atoms with Crippen molar-refractivity contribution in [3.8, 4) is 0 Å². The fraction of sp³-hybridized carbons (Fsp3) is 0.586. The molecule has 1 amide bonds. The van der Waals surface area contributed by atoms with Crippen LogP contribution in [0.4, 0.5) is 18.0 Å². The summed E-state index contributed by atoms with van der Waals surface area (Å²) >= 11 is 1.74. The molecule has 0 spiro atoms. The lowest BCUT2D eigenvalue weighted by molar-refractivity contribution is -0.946. The third-order valence-electron chi connectivity index (χ3n) is 8.37. The van der Waals surface area contributed by atoms with E-state index >= 15 is 0 Å². The minimum absolute atomic E-state index is 0.0634. The molecule has 1 aliphatic carbocycles. The molecule has 39 heavy (non-hydrogen) atoms. The summed E-state index contributed by atoms with van der Waals surface area (Å²) in [5.74, 6) is -2.45. The van der Waals surface area contributed by atoms with E-state index in [0.29, 0.717) is 18.5 Å². The SMILES string of the molecule is O=C(O[C@H]1C[N+]2(CCCc3ccccc3)CCC1CC2)N(Cc1cccs1)C1CCCC1.O=C([O-])C(F)(F)F. The van der Waals surface area contributed by atoms with Gasteiger partial charge in [-0.25, -0.2) is 4.79 Å². The summed E-state index contributed by atoms with van der Waals surface area (Å²) in [5.41, 5.74) is 1.43. The zero-order valence-electron chi connectivity index (χ0n) is 22.1. The molecule has 4 fully saturated rings. The van der Waals surface area contributed by atoms with Crippen LogP contribution in [0, 0.1) is 5.92 Å². The average Bonchev–Trinajstić information content (AvgIpc) is 3.63. The summed E-state index contributed by atoms with van der Waals surface area (Å²) in [7, 11) is 0. The Kier molecular flexibility index (Phi) is 9.93. The molecule has 0 radical (unpaired) electrons. The molecule has 10 heteroatoms. The van der Waals surface area contributed by atoms with Gasteiger partial charge in [-0.05, 0) is 36.3 Å². The highest BCUT2D eigenvalue weighted by Gasteiger charge is 2.48. The number of aryl methyl sites for hydroxylation is 1. The summed E-state index contributed by atoms with van der Waals surface area (Å²) in [6.45, 7) is 5.44. The van der Waals surface area contributed by atoms with Gasteiger partial charge in [0.15, 0.2) is 6.10 Å². The Morgan fingerprint density at radius 1 is 1.03 bits per heavy atom. The molecule has 1 saturated carbocycles. The molecule has 1 aromatic carbocycles. The Balaban J connectivity index is 0.000000448. The molecule has 6 rings (SSSR count). The van der Waals surface area contributed by atoms with Gasteiger partial charge in [-0.3, -0.25) is 0 Å². The van der Waals surface area contributed by atoms with E-state index in [1.807, 2.05) is 0 Å². The van der Waals surface area contributed by atoms with Crippen molar-refractivity contribution in [2.24, 2.45) is 5.92 Å². The summed E-state index contributed by atoms with van der Waals surface area (Å²) < 4.78 is 39.0. The van der Waals surface area contributed by atoms with E-state index in [0.717, 1.165) is 30.3 Å². The summed E-state index contributed by atoms with van der Waals surface area (Å²) in [4.78, 5) is 25.5. The molecule has 4 aliphatic rings. The van der Waals surface area contributed by atoms with Crippen molar-refractivity contribution in [2.75, 3.05) is 26.2 Å². The largest absolute Gasteiger partial charge is 0.542 e. The Morgan fingerprint density at radius 3 is 2.28 bits per heavy atom. The number of piperidine rings is 3. The number of aliphatic carboxylic acids is 1. The Hall–Kier alpha value is -2.59. The van der Waals surface area contributed by atoms with E-state index < -0.39 is 12.1 Å². The molecule has 2 aromatic rings. The van der Waals surface area contributed by atoms with Gasteiger partial charge in [0.2, 0.25) is 0 Å². The molecule has 1 atom stereocenters. The topological polar surface area (TPSA) is 69.7 Å². The normalized spacial score (nSPS) is 24.6. The number of carbonyl (C=O) groups is 2. The first-order valence-corrected chi connectivity index (χ1v) is 14.7. The van der Waals surface area contributed by atoms with Crippen molar-refractivity contribution >= 4 is 23.4 Å². The zero-order valence-corrected chi connectivity index (χ0v) is 22.9. The third kappa shape index (κ3) is 8.20. The van der Waals surface area contributed by atoms with Crippen molar-refractivity contribution in [1.82, 2.24) is 4.90 Å². The van der Waals surface area contributed by atoms with Crippen LogP contribution < -0.4 is 5.11 Å². The van der Waals surface area contributed by atoms with Crippen molar-refractivity contribution in [2.45, 2.75) is 76.2 Å². The van der Waals surface area contributed by atoms with Crippen molar-refractivity contribution in [3.63, 3.8) is 0 Å². The van der Waals surface area contributed by atoms with Gasteiger partial charge in [0.1, 0.15) is 12.5 Å². The number of hydrogen-bond acceptors (Lipinski definition) is 5. The van der Waals surface area contributed by atoms with Gasteiger partial charge in [-0.1, -0.05) is 49.2 Å². The van der Waals surface area contributed by atoms with Crippen LogP contribution in [0.5, 0.6) is 0 Å². The van der Waals surface area contributed by atoms with Crippen LogP contribution in [-0.2, 0) is 22.5 Å². The lowest BCUT2D eigenvalue weighted by Crippen LogP contribution is -2.65. The first-order chi connectivity index (χ1) is 18.7. The number of carbonyl (C=O) groups excluding carboxylic acids is 2. The second kappa shape index (κ2) is 13.2. The number of fused-ring (bicyclic) bond motifs is 3. The summed E-state index contributed by atoms with van der Waals surface area (Å²) in [6, 6.07) is 15.4. The van der Waals surface area contributed by atoms with Crippen LogP contribution in [0.2, 0.25) is 0 Å². The van der Waals surface area contributed by atoms with Gasteiger partial charge >= 0.3 is 12.3 Å². The maximum absolute atomic E-state index is 13.4. The number of amides is 1. The predicted octanol–water partition coefficient (Wildman–Crippen LogP) is 5.17. The highest BCUT2D eigenvalue weighted by molar-refractivity contribution is 7.09. The molecular formula is C29H37F3N2O4S. The van der Waals surface area contributed by atoms with Crippen LogP contribution in [-0.4, -0.2) is 65.9 Å². The highest BCUT2D eigenvalue weighted by Crippen LogP contribution is 2.37. The standard InChI is InChI=1S/C27H37N2O2S.C2HF3O2/c30-27(28(24-11-4-5-12-24)20-25-13-7-19-32-25)31-26-21-29(17-14-23(26)15-18-29)16-6-10-22-8-2-1-3-9-22;3-2(4,5)1(6)7/h1-3,7-9,13,19,23-24,26H,4-6,10-12,14-18,20-21H2;(H,6,7)/q+1;/p-1/t23?,26-,29?;/m0./s1. The van der Waals surface area contributed by atoms with E-state index in [2.05, 4.69) is 52.7 Å². The van der Waals surface area contributed by atoms with Gasteiger partial charge in [0.25, 0.3) is 0 Å². The van der Waals surface area contributed by atoms with Gasteiger partial charge in [-0.15, -0.1) is 11.3 Å². The van der Waals surface area contributed by atoms with E-state index in [-0.39, 0.29) is 12.2 Å². The fourth-order valence-corrected chi connectivity index (χ4v) is 6.96. The van der Waals surface area contributed by atoms with Gasteiger partial charge < -0.3 is 24.0 Å². The van der Waals surface area contributed by atoms with Crippen LogP contribution in [0.25, 0.3) is 0 Å². The summed E-state index contributed by atoms with van der Waals surface area (Å²) in [6.07, 6.45) is 4.30. The molecule has 6 nitrogen and oxygen atoms in total. The molecule has 3 aliphatic heterocycles. The van der Waals surface area contributed by atoms with E-state index in [4.69, 9.17) is 14.6 Å². The first-order valence-electron chi connectivity index (χ1n) is 13.8. The lowest BCUT2D eigenvalue weighted by atomic mass is 9.83. The number of nitrogens with zero attached hydrogens (tertiary/aromatic N) is 2. The second-order valence-corrected chi connectivity index (χ2v) is 12.0. The molecule has 0 unspecified atom stereocenters. The van der Waals surface area contributed by atoms with Crippen molar-refractivity contribution in [1.29, 1.82) is 0 Å². The van der Waals surface area contributed by atoms with Crippen LogP contribution in [0.3, 0.4) is 0 Å². The molecule has 0 N–H and O–H groups in total. The highest BCUT2D eigenvalue weighted by atomic mass is 32.1. The Bertz CT molecular complexity index is 1050. The van der Waals surface area contributed by atoms with Gasteiger partial charge in [0, 0.05) is 36.1 Å². The molecule has 4 heterocycles. The average molecular weight is 567 g/mol. The third-order valence-corrected chi connectivity index (χ3v) is 9.23. The number of alkyl halides is 3. The smallest absolute Gasteiger partial charge is 0.430 e. The monoisotopic (exact) mass is 566 g/mol. The van der Waals surface area contributed by atoms with E-state index in [1.165, 1.54) is 62.2 Å². The minimum Gasteiger partial charge on any atom is -0.542 e. The van der Waals surface area contributed by atoms with Gasteiger partial charge in [-0.2, -0.15) is 13.2 Å².